The molecule has 7 nitrogen and oxygen atoms in total. The Morgan fingerprint density at radius 3 is 2.30 bits per heavy atom. The summed E-state index contributed by atoms with van der Waals surface area (Å²) in [4.78, 5) is 30.0. The minimum Gasteiger partial charge on any atom is -0.399 e. The number of hydrogen-bond acceptors (Lipinski definition) is 4. The van der Waals surface area contributed by atoms with Crippen LogP contribution in [-0.4, -0.2) is 18.9 Å². The molecule has 10 heteroatoms. The zero-order valence-corrected chi connectivity index (χ0v) is 15.9. The third kappa shape index (κ3) is 2.88. The summed E-state index contributed by atoms with van der Waals surface area (Å²) in [5.41, 5.74) is 4.13. The van der Waals surface area contributed by atoms with Crippen molar-refractivity contribution < 1.29 is 13.2 Å². The molecule has 0 radical (unpaired) electrons. The second-order valence-corrected chi connectivity index (χ2v) is 6.76. The summed E-state index contributed by atoms with van der Waals surface area (Å²) in [6.07, 6.45) is -4.97. The van der Waals surface area contributed by atoms with Crippen molar-refractivity contribution in [1.82, 2.24) is 18.9 Å². The van der Waals surface area contributed by atoms with E-state index in [1.54, 1.807) is 30.3 Å². The molecule has 4 aromatic rings. The molecule has 2 N–H and O–H groups in total. The largest absolute Gasteiger partial charge is 0.450 e. The van der Waals surface area contributed by atoms with Gasteiger partial charge in [-0.3, -0.25) is 14.3 Å². The Kier molecular flexibility index (Phi) is 4.30. The first-order chi connectivity index (χ1) is 14.1. The van der Waals surface area contributed by atoms with E-state index in [-0.39, 0.29) is 22.3 Å². The highest BCUT2D eigenvalue weighted by Crippen LogP contribution is 2.30. The summed E-state index contributed by atoms with van der Waals surface area (Å²) < 4.78 is 44.5. The molecule has 0 aliphatic carbocycles. The second kappa shape index (κ2) is 6.61. The number of nitrogen functional groups attached to an aromatic ring is 1. The normalized spacial score (nSPS) is 11.9. The van der Waals surface area contributed by atoms with Crippen molar-refractivity contribution in [2.45, 2.75) is 13.1 Å². The van der Waals surface area contributed by atoms with Crippen molar-refractivity contribution in [2.75, 3.05) is 5.73 Å². The average Bonchev–Trinajstić information content (AvgIpc) is 2.91. The maximum Gasteiger partial charge on any atom is 0.450 e. The highest BCUT2D eigenvalue weighted by Gasteiger charge is 2.39. The van der Waals surface area contributed by atoms with Gasteiger partial charge in [0.05, 0.1) is 22.3 Å². The molecule has 30 heavy (non-hydrogen) atoms. The zero-order valence-electron chi connectivity index (χ0n) is 15.9. The quantitative estimate of drug-likeness (QED) is 0.510. The van der Waals surface area contributed by atoms with E-state index in [0.29, 0.717) is 10.3 Å². The predicted molar refractivity (Wildman–Crippen MR) is 106 cm³/mol. The van der Waals surface area contributed by atoms with Crippen molar-refractivity contribution in [3.05, 3.63) is 80.8 Å². The van der Waals surface area contributed by atoms with E-state index in [1.807, 2.05) is 0 Å². The van der Waals surface area contributed by atoms with Crippen LogP contribution in [0.15, 0.2) is 58.1 Å². The van der Waals surface area contributed by atoms with Gasteiger partial charge in [-0.2, -0.15) is 13.2 Å². The maximum absolute atomic E-state index is 13.9. The van der Waals surface area contributed by atoms with Gasteiger partial charge in [0, 0.05) is 12.7 Å². The smallest absolute Gasteiger partial charge is 0.399 e. The van der Waals surface area contributed by atoms with Gasteiger partial charge in [-0.15, -0.1) is 0 Å². The van der Waals surface area contributed by atoms with Gasteiger partial charge in [-0.05, 0) is 37.3 Å². The Morgan fingerprint density at radius 1 is 1.00 bits per heavy atom. The first-order valence-corrected chi connectivity index (χ1v) is 8.85. The summed E-state index contributed by atoms with van der Waals surface area (Å²) >= 11 is 0. The van der Waals surface area contributed by atoms with Crippen LogP contribution in [0.25, 0.3) is 22.3 Å². The lowest BCUT2D eigenvalue weighted by Crippen LogP contribution is -2.32. The van der Waals surface area contributed by atoms with Crippen molar-refractivity contribution in [3.63, 3.8) is 0 Å². The van der Waals surface area contributed by atoms with Gasteiger partial charge in [-0.1, -0.05) is 18.2 Å². The number of benzene rings is 2. The van der Waals surface area contributed by atoms with Gasteiger partial charge < -0.3 is 5.73 Å². The fraction of sp³-hybridized carbons (Fsp3) is 0.150. The fourth-order valence-electron chi connectivity index (χ4n) is 3.41. The summed E-state index contributed by atoms with van der Waals surface area (Å²) in [7, 11) is 1.53. The number of nitrogens with zero attached hydrogens (tertiary/aromatic N) is 4. The van der Waals surface area contributed by atoms with Gasteiger partial charge in [-0.25, -0.2) is 14.2 Å². The molecule has 154 valence electrons. The Bertz CT molecular complexity index is 1400. The molecule has 2 heterocycles. The fourth-order valence-corrected chi connectivity index (χ4v) is 3.41. The topological polar surface area (TPSA) is 87.8 Å². The van der Waals surface area contributed by atoms with Crippen molar-refractivity contribution >= 4 is 16.6 Å². The lowest BCUT2D eigenvalue weighted by Gasteiger charge is -2.14. The van der Waals surface area contributed by atoms with Crippen molar-refractivity contribution in [3.8, 4) is 11.4 Å². The van der Waals surface area contributed by atoms with E-state index < -0.39 is 28.8 Å². The van der Waals surface area contributed by atoms with Crippen LogP contribution in [0.2, 0.25) is 0 Å². The molecule has 0 aliphatic heterocycles. The van der Waals surface area contributed by atoms with E-state index in [4.69, 9.17) is 5.73 Å². The van der Waals surface area contributed by atoms with Gasteiger partial charge in [0.15, 0.2) is 0 Å². The minimum absolute atomic E-state index is 0.114. The molecule has 0 saturated heterocycles. The highest BCUT2D eigenvalue weighted by atomic mass is 19.4. The standard InChI is InChI=1S/C20H16F3N5O2/c1-11-16(18(30)28(26(11)2)13-6-4-3-5-7-13)27-17(29)14-10-12(24)8-9-15(14)25-19(27)20(21,22)23/h3-10H,24H2,1-2H3. The van der Waals surface area contributed by atoms with Crippen LogP contribution in [0.1, 0.15) is 11.5 Å². The molecule has 0 atom stereocenters. The molecule has 0 spiro atoms. The molecule has 2 aromatic carbocycles. The summed E-state index contributed by atoms with van der Waals surface area (Å²) in [6, 6.07) is 12.2. The number of anilines is 1. The van der Waals surface area contributed by atoms with Crippen LogP contribution in [-0.2, 0) is 13.2 Å². The second-order valence-electron chi connectivity index (χ2n) is 6.76. The first kappa shape index (κ1) is 19.5. The molecular weight excluding hydrogens is 399 g/mol. The molecule has 0 unspecified atom stereocenters. The molecule has 0 saturated carbocycles. The molecular formula is C20H16F3N5O2. The maximum atomic E-state index is 13.9. The number of aromatic nitrogens is 4. The van der Waals surface area contributed by atoms with E-state index in [2.05, 4.69) is 4.98 Å². The van der Waals surface area contributed by atoms with Gasteiger partial charge in [0.25, 0.3) is 11.1 Å². The van der Waals surface area contributed by atoms with Gasteiger partial charge in [0.2, 0.25) is 5.82 Å². The Balaban J connectivity index is 2.16. The molecule has 0 fully saturated rings. The number of para-hydroxylation sites is 1. The van der Waals surface area contributed by atoms with Crippen LogP contribution in [0, 0.1) is 6.92 Å². The van der Waals surface area contributed by atoms with Crippen LogP contribution in [0.3, 0.4) is 0 Å². The first-order valence-electron chi connectivity index (χ1n) is 8.85. The van der Waals surface area contributed by atoms with E-state index in [1.165, 1.54) is 41.5 Å². The van der Waals surface area contributed by atoms with Crippen LogP contribution >= 0.6 is 0 Å². The predicted octanol–water partition coefficient (Wildman–Crippen LogP) is 2.78. The summed E-state index contributed by atoms with van der Waals surface area (Å²) in [5, 5.41) is -0.114. The van der Waals surface area contributed by atoms with Crippen LogP contribution in [0.5, 0.6) is 0 Å². The average molecular weight is 415 g/mol. The third-order valence-electron chi connectivity index (χ3n) is 4.89. The number of rotatable bonds is 2. The Labute approximate surface area is 167 Å². The van der Waals surface area contributed by atoms with E-state index >= 15 is 0 Å². The van der Waals surface area contributed by atoms with Gasteiger partial charge in [0.1, 0.15) is 5.69 Å². The molecule has 2 aromatic heterocycles. The Hall–Kier alpha value is -3.82. The van der Waals surface area contributed by atoms with Crippen molar-refractivity contribution in [1.29, 1.82) is 0 Å². The summed E-state index contributed by atoms with van der Waals surface area (Å²) in [6.45, 7) is 1.46. The number of halogens is 3. The number of hydrogen-bond donors (Lipinski definition) is 1. The molecule has 4 rings (SSSR count). The van der Waals surface area contributed by atoms with E-state index in [0.717, 1.165) is 0 Å². The highest BCUT2D eigenvalue weighted by molar-refractivity contribution is 5.81. The lowest BCUT2D eigenvalue weighted by atomic mass is 10.2. The molecule has 0 aliphatic rings. The number of alkyl halides is 3. The Morgan fingerprint density at radius 2 is 1.67 bits per heavy atom. The summed E-state index contributed by atoms with van der Waals surface area (Å²) in [5.74, 6) is -1.48. The number of nitrogens with two attached hydrogens (primary N) is 1. The van der Waals surface area contributed by atoms with E-state index in [9.17, 15) is 22.8 Å². The number of fused-ring (bicyclic) bond motifs is 1. The van der Waals surface area contributed by atoms with Crippen LogP contribution in [0.4, 0.5) is 18.9 Å². The molecule has 0 amide bonds. The van der Waals surface area contributed by atoms with Crippen LogP contribution < -0.4 is 16.9 Å². The SMILES string of the molecule is Cc1c(-n2c(C(F)(F)F)nc3ccc(N)cc3c2=O)c(=O)n(-c2ccccc2)n1C. The third-order valence-corrected chi connectivity index (χ3v) is 4.89. The lowest BCUT2D eigenvalue weighted by molar-refractivity contribution is -0.146. The monoisotopic (exact) mass is 415 g/mol. The van der Waals surface area contributed by atoms with Crippen molar-refractivity contribution in [2.24, 2.45) is 7.05 Å². The minimum atomic E-state index is -4.97. The molecule has 0 bridgehead atoms. The zero-order chi connectivity index (χ0) is 21.8. The van der Waals surface area contributed by atoms with Gasteiger partial charge >= 0.3 is 6.18 Å².